The van der Waals surface area contributed by atoms with Gasteiger partial charge in [0, 0.05) is 6.16 Å². The van der Waals surface area contributed by atoms with E-state index in [1.165, 1.54) is 0 Å². The Balaban J connectivity index is 1.84. The van der Waals surface area contributed by atoms with Gasteiger partial charge in [-0.3, -0.25) is 4.57 Å². The Morgan fingerprint density at radius 1 is 0.895 bits per heavy atom. The Morgan fingerprint density at radius 2 is 1.42 bits per heavy atom. The zero-order valence-corrected chi connectivity index (χ0v) is 12.2. The number of rotatable bonds is 6. The second kappa shape index (κ2) is 6.91. The Morgan fingerprint density at radius 3 is 2.00 bits per heavy atom. The van der Waals surface area contributed by atoms with E-state index in [2.05, 4.69) is 0 Å². The van der Waals surface area contributed by atoms with Crippen molar-refractivity contribution in [3.8, 4) is 0 Å². The van der Waals surface area contributed by atoms with Crippen molar-refractivity contribution in [1.82, 2.24) is 0 Å². The Kier molecular flexibility index (Phi) is 5.21. The van der Waals surface area contributed by atoms with Gasteiger partial charge in [-0.05, 0) is 28.8 Å². The lowest BCUT2D eigenvalue weighted by atomic mass is 10.2. The highest BCUT2D eigenvalue weighted by Crippen LogP contribution is 2.53. The second-order valence-electron chi connectivity index (χ2n) is 4.31. The summed E-state index contributed by atoms with van der Waals surface area (Å²) in [6.07, 6.45) is 1.02. The summed E-state index contributed by atoms with van der Waals surface area (Å²) in [6, 6.07) is 19.5. The number of halogens is 1. The van der Waals surface area contributed by atoms with Gasteiger partial charge >= 0.3 is 0 Å². The molecular weight excluding hydrogens is 279 g/mol. The first kappa shape index (κ1) is 14.3. The summed E-state index contributed by atoms with van der Waals surface area (Å²) >= 11 is 5.97. The fourth-order valence-electron chi connectivity index (χ4n) is 1.72. The highest BCUT2D eigenvalue weighted by molar-refractivity contribution is 7.85. The van der Waals surface area contributed by atoms with Crippen molar-refractivity contribution in [2.75, 3.05) is 6.16 Å². The monoisotopic (exact) mass is 294 g/mol. The normalized spacial score (nSPS) is 13.9. The summed E-state index contributed by atoms with van der Waals surface area (Å²) in [5.41, 5.74) is 2.09. The SMILES string of the molecule is O=P(Cl)(CCc1ccccc1)OCc1ccccc1. The van der Waals surface area contributed by atoms with Gasteiger partial charge in [0.15, 0.2) is 0 Å². The summed E-state index contributed by atoms with van der Waals surface area (Å²) in [5.74, 6) is 0. The highest BCUT2D eigenvalue weighted by Gasteiger charge is 2.19. The molecule has 0 saturated carbocycles. The molecule has 100 valence electrons. The molecular formula is C15H16ClO2P. The first-order valence-electron chi connectivity index (χ1n) is 6.17. The minimum absolute atomic E-state index is 0.288. The molecule has 2 nitrogen and oxygen atoms in total. The van der Waals surface area contributed by atoms with E-state index in [1.807, 2.05) is 60.7 Å². The predicted molar refractivity (Wildman–Crippen MR) is 79.7 cm³/mol. The molecule has 0 aliphatic heterocycles. The van der Waals surface area contributed by atoms with E-state index in [-0.39, 0.29) is 6.61 Å². The molecule has 1 unspecified atom stereocenters. The lowest BCUT2D eigenvalue weighted by molar-refractivity contribution is 0.313. The molecule has 2 rings (SSSR count). The molecule has 0 N–H and O–H groups in total. The van der Waals surface area contributed by atoms with Crippen molar-refractivity contribution in [3.63, 3.8) is 0 Å². The van der Waals surface area contributed by atoms with Crippen LogP contribution in [0.2, 0.25) is 0 Å². The summed E-state index contributed by atoms with van der Waals surface area (Å²) in [7, 11) is 0. The molecule has 0 amide bonds. The van der Waals surface area contributed by atoms with Crippen molar-refractivity contribution in [1.29, 1.82) is 0 Å². The molecule has 0 aliphatic carbocycles. The van der Waals surface area contributed by atoms with Crippen LogP contribution in [0.15, 0.2) is 60.7 Å². The van der Waals surface area contributed by atoms with E-state index < -0.39 is 6.72 Å². The second-order valence-corrected chi connectivity index (χ2v) is 7.74. The standard InChI is InChI=1S/C15H16ClO2P/c16-19(17,12-11-14-7-3-1-4-8-14)18-13-15-9-5-2-6-10-15/h1-10H,11-13H2. The molecule has 19 heavy (non-hydrogen) atoms. The van der Waals surface area contributed by atoms with Gasteiger partial charge in [-0.15, -0.1) is 0 Å². The number of aryl methyl sites for hydroxylation is 1. The first-order valence-corrected chi connectivity index (χ1v) is 8.88. The molecule has 0 aromatic heterocycles. The van der Waals surface area contributed by atoms with Crippen molar-refractivity contribution >= 4 is 18.0 Å². The van der Waals surface area contributed by atoms with Crippen LogP contribution in [0, 0.1) is 0 Å². The van der Waals surface area contributed by atoms with E-state index >= 15 is 0 Å². The first-order chi connectivity index (χ1) is 9.16. The summed E-state index contributed by atoms with van der Waals surface area (Å²) < 4.78 is 17.5. The minimum atomic E-state index is -3.05. The highest BCUT2D eigenvalue weighted by atomic mass is 35.7. The average Bonchev–Trinajstić information content (AvgIpc) is 2.46. The molecule has 0 radical (unpaired) electrons. The van der Waals surface area contributed by atoms with Crippen LogP contribution in [-0.2, 0) is 22.1 Å². The van der Waals surface area contributed by atoms with Gasteiger partial charge in [0.2, 0.25) is 0 Å². The van der Waals surface area contributed by atoms with Crippen molar-refractivity contribution < 1.29 is 9.09 Å². The zero-order chi connectivity index (χ0) is 13.6. The maximum Gasteiger partial charge on any atom is 0.290 e. The molecule has 0 spiro atoms. The van der Waals surface area contributed by atoms with Gasteiger partial charge in [-0.25, -0.2) is 0 Å². The van der Waals surface area contributed by atoms with Gasteiger partial charge < -0.3 is 4.52 Å². The van der Waals surface area contributed by atoms with Crippen LogP contribution >= 0.6 is 18.0 Å². The van der Waals surface area contributed by atoms with E-state index in [1.54, 1.807) is 0 Å². The van der Waals surface area contributed by atoms with Crippen molar-refractivity contribution in [3.05, 3.63) is 71.8 Å². The fraction of sp³-hybridized carbons (Fsp3) is 0.200. The fourth-order valence-corrected chi connectivity index (χ4v) is 3.11. The van der Waals surface area contributed by atoms with Crippen molar-refractivity contribution in [2.45, 2.75) is 13.0 Å². The number of hydrogen-bond acceptors (Lipinski definition) is 2. The van der Waals surface area contributed by atoms with Crippen molar-refractivity contribution in [2.24, 2.45) is 0 Å². The van der Waals surface area contributed by atoms with Crippen LogP contribution in [0.1, 0.15) is 11.1 Å². The molecule has 0 fully saturated rings. The predicted octanol–water partition coefficient (Wildman–Crippen LogP) is 4.88. The lowest BCUT2D eigenvalue weighted by Gasteiger charge is -2.11. The van der Waals surface area contributed by atoms with E-state index in [9.17, 15) is 4.57 Å². The third kappa shape index (κ3) is 5.20. The van der Waals surface area contributed by atoms with E-state index in [0.717, 1.165) is 11.1 Å². The maximum absolute atomic E-state index is 12.1. The van der Waals surface area contributed by atoms with Gasteiger partial charge in [0.25, 0.3) is 6.72 Å². The molecule has 2 aromatic carbocycles. The van der Waals surface area contributed by atoms with Gasteiger partial charge in [0.1, 0.15) is 0 Å². The quantitative estimate of drug-likeness (QED) is 0.710. The molecule has 4 heteroatoms. The minimum Gasteiger partial charge on any atom is -0.313 e. The van der Waals surface area contributed by atoms with Gasteiger partial charge in [0.05, 0.1) is 6.61 Å². The Hall–Kier alpha value is -1.08. The van der Waals surface area contributed by atoms with Crippen LogP contribution in [0.25, 0.3) is 0 Å². The number of hydrogen-bond donors (Lipinski definition) is 0. The molecule has 0 aliphatic rings. The van der Waals surface area contributed by atoms with Crippen LogP contribution in [-0.4, -0.2) is 6.16 Å². The summed E-state index contributed by atoms with van der Waals surface area (Å²) in [6.45, 7) is -2.76. The smallest absolute Gasteiger partial charge is 0.290 e. The topological polar surface area (TPSA) is 26.3 Å². The maximum atomic E-state index is 12.1. The summed E-state index contributed by atoms with van der Waals surface area (Å²) in [5, 5.41) is 0. The van der Waals surface area contributed by atoms with Crippen LogP contribution in [0.4, 0.5) is 0 Å². The third-order valence-electron chi connectivity index (χ3n) is 2.78. The Labute approximate surface area is 118 Å². The molecule has 0 saturated heterocycles. The van der Waals surface area contributed by atoms with Crippen LogP contribution in [0.3, 0.4) is 0 Å². The zero-order valence-electron chi connectivity index (χ0n) is 10.5. The average molecular weight is 295 g/mol. The van der Waals surface area contributed by atoms with Crippen LogP contribution in [0.5, 0.6) is 0 Å². The third-order valence-corrected chi connectivity index (χ3v) is 4.85. The Bertz CT molecular complexity index is 495. The molecule has 2 aromatic rings. The van der Waals surface area contributed by atoms with Gasteiger partial charge in [-0.1, -0.05) is 60.7 Å². The molecule has 0 bridgehead atoms. The largest absolute Gasteiger partial charge is 0.313 e. The van der Waals surface area contributed by atoms with Gasteiger partial charge in [-0.2, -0.15) is 0 Å². The number of benzene rings is 2. The molecule has 1 atom stereocenters. The van der Waals surface area contributed by atoms with E-state index in [0.29, 0.717) is 12.6 Å². The molecule has 0 heterocycles. The summed E-state index contributed by atoms with van der Waals surface area (Å²) in [4.78, 5) is 0. The lowest BCUT2D eigenvalue weighted by Crippen LogP contribution is -1.95. The van der Waals surface area contributed by atoms with E-state index in [4.69, 9.17) is 15.8 Å². The van der Waals surface area contributed by atoms with Crippen LogP contribution < -0.4 is 0 Å².